The molecule has 3 aromatic rings. The van der Waals surface area contributed by atoms with Crippen LogP contribution in [0.5, 0.6) is 0 Å². The minimum Gasteiger partial charge on any atom is -0.363 e. The Balaban J connectivity index is 1.51. The van der Waals surface area contributed by atoms with E-state index in [0.717, 1.165) is 18.6 Å². The molecule has 2 N–H and O–H groups in total. The monoisotopic (exact) mass is 496 g/mol. The van der Waals surface area contributed by atoms with E-state index in [1.807, 2.05) is 0 Å². The first kappa shape index (κ1) is 23.9. The number of benzene rings is 2. The van der Waals surface area contributed by atoms with Crippen LogP contribution in [-0.4, -0.2) is 29.5 Å². The molecule has 2 aromatic carbocycles. The quantitative estimate of drug-likeness (QED) is 0.373. The fourth-order valence-corrected chi connectivity index (χ4v) is 4.39. The number of hydrogen-bond acceptors (Lipinski definition) is 6. The summed E-state index contributed by atoms with van der Waals surface area (Å²) < 4.78 is 85.2. The van der Waals surface area contributed by atoms with Gasteiger partial charge in [-0.05, 0) is 48.2 Å². The molecule has 1 aliphatic rings. The highest BCUT2D eigenvalue weighted by Gasteiger charge is 2.33. The Kier molecular flexibility index (Phi) is 6.45. The predicted molar refractivity (Wildman–Crippen MR) is 116 cm³/mol. The summed E-state index contributed by atoms with van der Waals surface area (Å²) in [5.41, 5.74) is 0.512. The lowest BCUT2D eigenvalue weighted by molar-refractivity contribution is -0.137. The Morgan fingerprint density at radius 3 is 2.35 bits per heavy atom. The van der Waals surface area contributed by atoms with E-state index in [2.05, 4.69) is 15.3 Å². The van der Waals surface area contributed by atoms with E-state index < -0.39 is 27.7 Å². The molecule has 0 aliphatic carbocycles. The minimum atomic E-state index is -4.43. The second-order valence-electron chi connectivity index (χ2n) is 7.80. The summed E-state index contributed by atoms with van der Waals surface area (Å²) >= 11 is 0. The van der Waals surface area contributed by atoms with Crippen LogP contribution in [0.3, 0.4) is 0 Å². The van der Waals surface area contributed by atoms with Gasteiger partial charge >= 0.3 is 6.18 Å². The van der Waals surface area contributed by atoms with Gasteiger partial charge in [0.2, 0.25) is 5.82 Å². The molecule has 1 aromatic heterocycles. The summed E-state index contributed by atoms with van der Waals surface area (Å²) in [4.78, 5) is 9.47. The number of aromatic nitrogens is 2. The molecule has 12 heteroatoms. The van der Waals surface area contributed by atoms with Gasteiger partial charge in [-0.25, -0.2) is 9.97 Å². The number of alkyl halides is 3. The van der Waals surface area contributed by atoms with Crippen molar-refractivity contribution in [2.75, 3.05) is 16.8 Å². The molecular formula is C22H20F4N4O3S. The Bertz CT molecular complexity index is 1270. The van der Waals surface area contributed by atoms with Gasteiger partial charge < -0.3 is 10.2 Å². The lowest BCUT2D eigenvalue weighted by Crippen LogP contribution is -2.25. The van der Waals surface area contributed by atoms with Gasteiger partial charge in [-0.2, -0.15) is 26.0 Å². The van der Waals surface area contributed by atoms with Crippen LogP contribution in [-0.2, 0) is 22.8 Å². The smallest absolute Gasteiger partial charge is 0.363 e. The van der Waals surface area contributed by atoms with Crippen LogP contribution in [0.15, 0.2) is 59.8 Å². The second kappa shape index (κ2) is 9.18. The summed E-state index contributed by atoms with van der Waals surface area (Å²) in [6, 6.07) is 9.91. The van der Waals surface area contributed by atoms with Gasteiger partial charge in [0.05, 0.1) is 16.5 Å². The maximum absolute atomic E-state index is 15.3. The first-order chi connectivity index (χ1) is 16.0. The Hall–Kier alpha value is -3.25. The predicted octanol–water partition coefficient (Wildman–Crippen LogP) is 4.83. The van der Waals surface area contributed by atoms with E-state index >= 15 is 4.39 Å². The molecule has 34 heavy (non-hydrogen) atoms. The molecule has 0 saturated carbocycles. The van der Waals surface area contributed by atoms with Crippen LogP contribution in [0, 0.1) is 5.82 Å². The number of halogens is 4. The first-order valence-corrected chi connectivity index (χ1v) is 11.7. The number of rotatable bonds is 6. The zero-order valence-electron chi connectivity index (χ0n) is 17.6. The third kappa shape index (κ3) is 5.12. The topological polar surface area (TPSA) is 95.4 Å². The summed E-state index contributed by atoms with van der Waals surface area (Å²) in [6.45, 7) is 0.609. The Morgan fingerprint density at radius 1 is 1.06 bits per heavy atom. The van der Waals surface area contributed by atoms with Crippen LogP contribution in [0.4, 0.5) is 29.2 Å². The van der Waals surface area contributed by atoms with E-state index in [9.17, 15) is 21.6 Å². The second-order valence-corrected chi connectivity index (χ2v) is 9.23. The summed E-state index contributed by atoms with van der Waals surface area (Å²) in [7, 11) is -4.31. The van der Waals surface area contributed by atoms with Crippen LogP contribution in [0.25, 0.3) is 0 Å². The fourth-order valence-electron chi connectivity index (χ4n) is 3.91. The molecule has 0 bridgehead atoms. The van der Waals surface area contributed by atoms with Crippen molar-refractivity contribution in [3.8, 4) is 0 Å². The van der Waals surface area contributed by atoms with Gasteiger partial charge in [0, 0.05) is 13.1 Å². The molecular weight excluding hydrogens is 476 g/mol. The zero-order chi connectivity index (χ0) is 24.5. The Labute approximate surface area is 193 Å². The summed E-state index contributed by atoms with van der Waals surface area (Å²) in [5, 5.41) is 2.84. The molecule has 1 unspecified atom stereocenters. The van der Waals surface area contributed by atoms with Crippen molar-refractivity contribution in [3.63, 3.8) is 0 Å². The number of anilines is 2. The van der Waals surface area contributed by atoms with Crippen molar-refractivity contribution in [3.05, 3.63) is 77.4 Å². The van der Waals surface area contributed by atoms with E-state index in [1.54, 1.807) is 4.90 Å². The maximum atomic E-state index is 15.3. The third-order valence-electron chi connectivity index (χ3n) is 5.60. The molecule has 1 saturated heterocycles. The number of nitrogens with zero attached hydrogens (tertiary/aromatic N) is 3. The van der Waals surface area contributed by atoms with Gasteiger partial charge in [0.1, 0.15) is 6.33 Å². The van der Waals surface area contributed by atoms with Crippen LogP contribution < -0.4 is 10.2 Å². The van der Waals surface area contributed by atoms with E-state index in [0.29, 0.717) is 24.1 Å². The molecule has 180 valence electrons. The van der Waals surface area contributed by atoms with Crippen molar-refractivity contribution in [1.82, 2.24) is 9.97 Å². The molecule has 0 amide bonds. The normalized spacial score (nSPS) is 16.6. The van der Waals surface area contributed by atoms with Crippen molar-refractivity contribution < 1.29 is 30.5 Å². The van der Waals surface area contributed by atoms with Crippen molar-refractivity contribution in [1.29, 1.82) is 0 Å². The highest BCUT2D eigenvalue weighted by atomic mass is 32.2. The van der Waals surface area contributed by atoms with Crippen molar-refractivity contribution >= 4 is 21.8 Å². The molecule has 1 atom stereocenters. The lowest BCUT2D eigenvalue weighted by Gasteiger charge is -2.27. The number of nitrogens with one attached hydrogen (secondary N) is 1. The molecule has 7 nitrogen and oxygen atoms in total. The summed E-state index contributed by atoms with van der Waals surface area (Å²) in [6.07, 6.45) is -1.88. The minimum absolute atomic E-state index is 0.0432. The molecule has 4 rings (SSSR count). The molecule has 0 radical (unpaired) electrons. The van der Waals surface area contributed by atoms with Crippen molar-refractivity contribution in [2.24, 2.45) is 0 Å². The van der Waals surface area contributed by atoms with Crippen LogP contribution >= 0.6 is 0 Å². The highest BCUT2D eigenvalue weighted by molar-refractivity contribution is 7.85. The molecule has 1 aliphatic heterocycles. The van der Waals surface area contributed by atoms with Gasteiger partial charge in [-0.3, -0.25) is 4.55 Å². The van der Waals surface area contributed by atoms with E-state index in [1.165, 1.54) is 42.7 Å². The van der Waals surface area contributed by atoms with E-state index in [4.69, 9.17) is 4.55 Å². The summed E-state index contributed by atoms with van der Waals surface area (Å²) in [5.74, 6) is -0.723. The average molecular weight is 496 g/mol. The molecule has 1 fully saturated rings. The van der Waals surface area contributed by atoms with Crippen LogP contribution in [0.1, 0.15) is 35.6 Å². The fraction of sp³-hybridized carbons (Fsp3) is 0.273. The SMILES string of the molecule is O=S(=O)(O)c1ccc(CNc2ncnc(N3CCCC3c3ccc(C(F)(F)F)cc3)c2F)cc1. The zero-order valence-corrected chi connectivity index (χ0v) is 18.4. The van der Waals surface area contributed by atoms with Gasteiger partial charge in [-0.15, -0.1) is 0 Å². The van der Waals surface area contributed by atoms with Gasteiger partial charge in [0.15, 0.2) is 11.6 Å². The number of hydrogen-bond donors (Lipinski definition) is 2. The molecule has 0 spiro atoms. The van der Waals surface area contributed by atoms with Gasteiger partial charge in [-0.1, -0.05) is 24.3 Å². The standard InChI is InChI=1S/C22H20F4N4O3S/c23-19-20(27-12-14-3-9-17(10-4-14)34(31,32)33)28-13-29-21(19)30-11-1-2-18(30)15-5-7-16(8-6-15)22(24,25)26/h3-10,13,18H,1-2,11-12H2,(H,27,28,29)(H,31,32,33). The third-order valence-corrected chi connectivity index (χ3v) is 6.47. The van der Waals surface area contributed by atoms with Gasteiger partial charge in [0.25, 0.3) is 10.1 Å². The lowest BCUT2D eigenvalue weighted by atomic mass is 10.0. The largest absolute Gasteiger partial charge is 0.416 e. The maximum Gasteiger partial charge on any atom is 0.416 e. The van der Waals surface area contributed by atoms with E-state index in [-0.39, 0.29) is 29.1 Å². The molecule has 2 heterocycles. The average Bonchev–Trinajstić information content (AvgIpc) is 3.27. The van der Waals surface area contributed by atoms with Crippen molar-refractivity contribution in [2.45, 2.75) is 36.5 Å². The Morgan fingerprint density at radius 2 is 1.74 bits per heavy atom. The van der Waals surface area contributed by atoms with Crippen LogP contribution in [0.2, 0.25) is 0 Å². The highest BCUT2D eigenvalue weighted by Crippen LogP contribution is 2.38. The first-order valence-electron chi connectivity index (χ1n) is 10.3.